The fourth-order valence-electron chi connectivity index (χ4n) is 9.61. The molecule has 8 atom stereocenters. The van der Waals surface area contributed by atoms with Crippen LogP contribution in [0.15, 0.2) is 70.3 Å². The van der Waals surface area contributed by atoms with Crippen LogP contribution < -0.4 is 11.4 Å². The Morgan fingerprint density at radius 2 is 1.29 bits per heavy atom. The Bertz CT molecular complexity index is 1360. The molecule has 2 aromatic carbocycles. The first-order chi connectivity index (χ1) is 15.2. The summed E-state index contributed by atoms with van der Waals surface area (Å²) in [5.41, 5.74) is 2.21. The molecule has 0 amide bonds. The first-order valence-electron chi connectivity index (χ1n) is 11.5. The fraction of sp³-hybridized carbons (Fsp3) is 0.440. The average Bonchev–Trinajstić information content (AvgIpc) is 3.40. The summed E-state index contributed by atoms with van der Waals surface area (Å²) < 4.78 is 5.24. The molecule has 5 fully saturated rings. The van der Waals surface area contributed by atoms with E-state index in [-0.39, 0.29) is 34.3 Å². The highest BCUT2D eigenvalue weighted by Gasteiger charge is 3.04. The molecule has 3 aromatic rings. The molecule has 10 rings (SSSR count). The van der Waals surface area contributed by atoms with Crippen LogP contribution in [0, 0.1) is 34.5 Å². The first kappa shape index (κ1) is 15.9. The van der Waals surface area contributed by atoms with Crippen LogP contribution >= 0.6 is 0 Å². The fourth-order valence-corrected chi connectivity index (χ4v) is 9.61. The normalized spacial score (nSPS) is 43.7. The average molecular weight is 410 g/mol. The number of hydrogen-bond donors (Lipinski definition) is 0. The molecular weight excluding hydrogens is 388 g/mol. The highest BCUT2D eigenvalue weighted by molar-refractivity contribution is 5.51. The molecule has 4 saturated carbocycles. The molecule has 3 aliphatic heterocycles. The van der Waals surface area contributed by atoms with E-state index in [2.05, 4.69) is 35.2 Å². The Hall–Kier alpha value is -2.86. The smallest absolute Gasteiger partial charge is 0.298 e. The highest BCUT2D eigenvalue weighted by Crippen LogP contribution is 3.03. The molecule has 6 nitrogen and oxygen atoms in total. The Morgan fingerprint density at radius 1 is 0.742 bits per heavy atom. The van der Waals surface area contributed by atoms with Crippen LogP contribution in [0.3, 0.4) is 0 Å². The van der Waals surface area contributed by atoms with Gasteiger partial charge in [0, 0.05) is 30.5 Å². The van der Waals surface area contributed by atoms with Gasteiger partial charge in [0.2, 0.25) is 0 Å². The molecule has 31 heavy (non-hydrogen) atoms. The Labute approximate surface area is 178 Å². The summed E-state index contributed by atoms with van der Waals surface area (Å²) in [6.45, 7) is 3.11. The van der Waals surface area contributed by atoms with Crippen LogP contribution in [0.5, 0.6) is 0 Å². The van der Waals surface area contributed by atoms with Crippen molar-refractivity contribution in [1.29, 1.82) is 0 Å². The van der Waals surface area contributed by atoms with Gasteiger partial charge in [0.15, 0.2) is 0 Å². The van der Waals surface area contributed by atoms with Crippen LogP contribution in [0.4, 0.5) is 0 Å². The molecule has 2 spiro atoms. The SMILES string of the molecule is O=c1n(-c2ccccc2)c(=O)n2n1[C@H]1[C@@H]3C4C5[C@]16CN(Cc1ccccc1)C[C@]56[C@@H]2[C@@H]43. The zero-order chi connectivity index (χ0) is 20.3. The maximum absolute atomic E-state index is 13.6. The Morgan fingerprint density at radius 3 is 1.87 bits per heavy atom. The number of hydrogen-bond acceptors (Lipinski definition) is 3. The summed E-state index contributed by atoms with van der Waals surface area (Å²) in [4.78, 5) is 29.8. The molecule has 4 heterocycles. The van der Waals surface area contributed by atoms with Crippen molar-refractivity contribution >= 4 is 0 Å². The van der Waals surface area contributed by atoms with Gasteiger partial charge in [-0.3, -0.25) is 4.90 Å². The molecule has 7 aliphatic rings. The van der Waals surface area contributed by atoms with E-state index in [1.54, 1.807) is 0 Å². The van der Waals surface area contributed by atoms with Gasteiger partial charge in [-0.25, -0.2) is 23.5 Å². The summed E-state index contributed by atoms with van der Waals surface area (Å²) >= 11 is 0. The Kier molecular flexibility index (Phi) is 2.31. The minimum atomic E-state index is -0.132. The first-order valence-corrected chi connectivity index (χ1v) is 11.5. The number of benzene rings is 2. The molecule has 0 radical (unpaired) electrons. The van der Waals surface area contributed by atoms with E-state index in [0.717, 1.165) is 31.5 Å². The van der Waals surface area contributed by atoms with Gasteiger partial charge >= 0.3 is 11.4 Å². The molecule has 6 heteroatoms. The van der Waals surface area contributed by atoms with E-state index in [4.69, 9.17) is 0 Å². The number of piperidine rings is 1. The van der Waals surface area contributed by atoms with Crippen molar-refractivity contribution in [2.24, 2.45) is 34.5 Å². The standard InChI is InChI=1S/C25H22N4O2/c30-22-27(15-9-5-2-6-10-15)23(31)29-21-18-16-17(18)20(28(22)29)24-12-26(13-25(21,24)19(16)24)11-14-7-3-1-4-8-14/h1-10,16-21H,11-13H2/t16?,17-,18+,19?,20-,21-,24+,25+/m0/s1. The monoisotopic (exact) mass is 410 g/mol. The third-order valence-electron chi connectivity index (χ3n) is 10.0. The predicted molar refractivity (Wildman–Crippen MR) is 113 cm³/mol. The largest absolute Gasteiger partial charge is 0.352 e. The maximum Gasteiger partial charge on any atom is 0.352 e. The molecule has 0 N–H and O–H groups in total. The molecule has 4 aliphatic carbocycles. The maximum atomic E-state index is 13.6. The summed E-state index contributed by atoms with van der Waals surface area (Å²) in [6, 6.07) is 20.5. The zero-order valence-corrected chi connectivity index (χ0v) is 17.0. The van der Waals surface area contributed by atoms with Gasteiger partial charge in [-0.1, -0.05) is 48.5 Å². The molecule has 1 aromatic heterocycles. The Balaban J connectivity index is 1.20. The number of nitrogens with zero attached hydrogens (tertiary/aromatic N) is 4. The van der Waals surface area contributed by atoms with Crippen molar-refractivity contribution in [2.75, 3.05) is 13.1 Å². The second kappa shape index (κ2) is 4.51. The molecule has 1 saturated heterocycles. The minimum absolute atomic E-state index is 0.132. The summed E-state index contributed by atoms with van der Waals surface area (Å²) in [5, 5.41) is 0. The lowest BCUT2D eigenvalue weighted by molar-refractivity contribution is 0.0280. The molecule has 2 bridgehead atoms. The predicted octanol–water partition coefficient (Wildman–Crippen LogP) is 1.90. The van der Waals surface area contributed by atoms with E-state index in [9.17, 15) is 9.59 Å². The quantitative estimate of drug-likeness (QED) is 0.663. The van der Waals surface area contributed by atoms with Gasteiger partial charge in [-0.05, 0) is 41.4 Å². The van der Waals surface area contributed by atoms with E-state index >= 15 is 0 Å². The van der Waals surface area contributed by atoms with Gasteiger partial charge in [0.1, 0.15) is 0 Å². The van der Waals surface area contributed by atoms with Crippen molar-refractivity contribution in [3.8, 4) is 5.69 Å². The van der Waals surface area contributed by atoms with Crippen molar-refractivity contribution in [3.63, 3.8) is 0 Å². The van der Waals surface area contributed by atoms with Crippen molar-refractivity contribution in [2.45, 2.75) is 18.6 Å². The van der Waals surface area contributed by atoms with E-state index in [0.29, 0.717) is 17.5 Å². The van der Waals surface area contributed by atoms with E-state index in [1.165, 1.54) is 10.1 Å². The topological polar surface area (TPSA) is 52.2 Å². The van der Waals surface area contributed by atoms with Crippen LogP contribution in [0.2, 0.25) is 0 Å². The number of rotatable bonds is 3. The van der Waals surface area contributed by atoms with Gasteiger partial charge in [-0.2, -0.15) is 0 Å². The molecule has 154 valence electrons. The summed E-state index contributed by atoms with van der Waals surface area (Å²) in [5.74, 6) is 2.73. The number of likely N-dealkylation sites (tertiary alicyclic amines) is 1. The third kappa shape index (κ3) is 1.36. The second-order valence-corrected chi connectivity index (χ2v) is 10.7. The lowest BCUT2D eigenvalue weighted by Gasteiger charge is -2.45. The molecule has 2 unspecified atom stereocenters. The number of aromatic nitrogens is 3. The van der Waals surface area contributed by atoms with Crippen molar-refractivity contribution in [1.82, 2.24) is 18.8 Å². The van der Waals surface area contributed by atoms with Crippen molar-refractivity contribution < 1.29 is 0 Å². The van der Waals surface area contributed by atoms with E-state index < -0.39 is 0 Å². The van der Waals surface area contributed by atoms with Crippen LogP contribution in [0.1, 0.15) is 17.6 Å². The van der Waals surface area contributed by atoms with Crippen LogP contribution in [-0.4, -0.2) is 31.9 Å². The lowest BCUT2D eigenvalue weighted by Crippen LogP contribution is -2.52. The minimum Gasteiger partial charge on any atom is -0.298 e. The second-order valence-electron chi connectivity index (χ2n) is 10.7. The number of para-hydroxylation sites is 1. The molecular formula is C25H22N4O2. The van der Waals surface area contributed by atoms with Gasteiger partial charge in [-0.15, -0.1) is 0 Å². The third-order valence-corrected chi connectivity index (χ3v) is 10.0. The van der Waals surface area contributed by atoms with Gasteiger partial charge in [0.25, 0.3) is 0 Å². The lowest BCUT2D eigenvalue weighted by atomic mass is 9.73. The van der Waals surface area contributed by atoms with Crippen LogP contribution in [0.25, 0.3) is 5.69 Å². The zero-order valence-electron chi connectivity index (χ0n) is 17.0. The highest BCUT2D eigenvalue weighted by atomic mass is 16.2. The van der Waals surface area contributed by atoms with Gasteiger partial charge < -0.3 is 0 Å². The van der Waals surface area contributed by atoms with Gasteiger partial charge in [0.05, 0.1) is 17.8 Å². The van der Waals surface area contributed by atoms with Crippen LogP contribution in [-0.2, 0) is 6.54 Å². The van der Waals surface area contributed by atoms with E-state index in [1.807, 2.05) is 39.7 Å². The summed E-state index contributed by atoms with van der Waals surface area (Å²) in [6.07, 6.45) is 0. The van der Waals surface area contributed by atoms with Crippen molar-refractivity contribution in [3.05, 3.63) is 87.2 Å². The summed E-state index contributed by atoms with van der Waals surface area (Å²) in [7, 11) is 0.